The molecule has 0 rings (SSSR count). The molecule has 0 aromatic rings. The first-order valence-corrected chi connectivity index (χ1v) is 8.02. The van der Waals surface area contributed by atoms with Crippen molar-refractivity contribution in [3.63, 3.8) is 0 Å². The molecule has 0 spiro atoms. The van der Waals surface area contributed by atoms with Crippen LogP contribution in [0.5, 0.6) is 0 Å². The maximum absolute atomic E-state index is 10.9. The summed E-state index contributed by atoms with van der Waals surface area (Å²) >= 11 is 0. The summed E-state index contributed by atoms with van der Waals surface area (Å²) in [5, 5.41) is 0. The van der Waals surface area contributed by atoms with Gasteiger partial charge in [-0.05, 0) is 26.7 Å². The number of rotatable bonds is 10. The summed E-state index contributed by atoms with van der Waals surface area (Å²) in [7, 11) is 0. The molecule has 128 valence electrons. The predicted molar refractivity (Wildman–Crippen MR) is 90.6 cm³/mol. The highest BCUT2D eigenvalue weighted by molar-refractivity contribution is 5.87. The van der Waals surface area contributed by atoms with Crippen molar-refractivity contribution in [1.82, 2.24) is 0 Å². The van der Waals surface area contributed by atoms with Gasteiger partial charge in [-0.2, -0.15) is 0 Å². The van der Waals surface area contributed by atoms with Gasteiger partial charge in [-0.25, -0.2) is 9.59 Å². The van der Waals surface area contributed by atoms with E-state index in [1.165, 1.54) is 12.8 Å². The fourth-order valence-corrected chi connectivity index (χ4v) is 1.25. The van der Waals surface area contributed by atoms with Crippen LogP contribution in [0.25, 0.3) is 0 Å². The Labute approximate surface area is 135 Å². The zero-order valence-corrected chi connectivity index (χ0v) is 14.7. The second-order valence-electron chi connectivity index (χ2n) is 5.25. The lowest BCUT2D eigenvalue weighted by molar-refractivity contribution is -0.139. The molecule has 0 saturated heterocycles. The van der Waals surface area contributed by atoms with Gasteiger partial charge in [-0.3, -0.25) is 0 Å². The van der Waals surface area contributed by atoms with Crippen LogP contribution in [0, 0.1) is 0 Å². The van der Waals surface area contributed by atoms with Crippen molar-refractivity contribution in [2.75, 3.05) is 13.2 Å². The third-order valence-electron chi connectivity index (χ3n) is 2.66. The Kier molecular flexibility index (Phi) is 16.3. The zero-order chi connectivity index (χ0) is 17.4. The van der Waals surface area contributed by atoms with Crippen LogP contribution in [0.15, 0.2) is 24.3 Å². The Bertz CT molecular complexity index is 345. The van der Waals surface area contributed by atoms with Gasteiger partial charge in [-0.1, -0.05) is 52.7 Å². The molecule has 0 aliphatic heterocycles. The smallest absolute Gasteiger partial charge is 0.333 e. The minimum atomic E-state index is -0.284. The molecule has 0 atom stereocenters. The van der Waals surface area contributed by atoms with E-state index in [9.17, 15) is 9.59 Å². The first-order chi connectivity index (χ1) is 10.4. The summed E-state index contributed by atoms with van der Waals surface area (Å²) in [4.78, 5) is 21.5. The largest absolute Gasteiger partial charge is 0.462 e. The van der Waals surface area contributed by atoms with Crippen molar-refractivity contribution < 1.29 is 19.1 Å². The highest BCUT2D eigenvalue weighted by Crippen LogP contribution is 2.00. The zero-order valence-electron chi connectivity index (χ0n) is 14.7. The van der Waals surface area contributed by atoms with Gasteiger partial charge in [-0.15, -0.1) is 0 Å². The van der Waals surface area contributed by atoms with E-state index in [1.807, 2.05) is 0 Å². The summed E-state index contributed by atoms with van der Waals surface area (Å²) in [6.07, 6.45) is 6.49. The fraction of sp³-hybridized carbons (Fsp3) is 0.667. The Balaban J connectivity index is 0. The number of unbranched alkanes of at least 4 members (excludes halogenated alkanes) is 4. The lowest BCUT2D eigenvalue weighted by Gasteiger charge is -2.02. The highest BCUT2D eigenvalue weighted by atomic mass is 16.5. The van der Waals surface area contributed by atoms with E-state index in [1.54, 1.807) is 13.8 Å². The van der Waals surface area contributed by atoms with Crippen molar-refractivity contribution in [2.24, 2.45) is 0 Å². The summed E-state index contributed by atoms with van der Waals surface area (Å²) in [6.45, 7) is 15.5. The third kappa shape index (κ3) is 16.5. The van der Waals surface area contributed by atoms with Crippen LogP contribution in [0.4, 0.5) is 0 Å². The van der Waals surface area contributed by atoms with Crippen LogP contribution in [0.3, 0.4) is 0 Å². The number of esters is 2. The molecule has 0 amide bonds. The molecule has 22 heavy (non-hydrogen) atoms. The second-order valence-corrected chi connectivity index (χ2v) is 5.25. The molecule has 0 heterocycles. The molecule has 0 radical (unpaired) electrons. The van der Waals surface area contributed by atoms with Gasteiger partial charge in [0, 0.05) is 11.1 Å². The number of ether oxygens (including phenoxy) is 2. The number of hydrogen-bond donors (Lipinski definition) is 0. The number of hydrogen-bond acceptors (Lipinski definition) is 4. The van der Waals surface area contributed by atoms with Gasteiger partial charge in [0.2, 0.25) is 0 Å². The molecule has 0 aromatic carbocycles. The van der Waals surface area contributed by atoms with Crippen molar-refractivity contribution in [3.8, 4) is 0 Å². The summed E-state index contributed by atoms with van der Waals surface area (Å²) < 4.78 is 9.72. The van der Waals surface area contributed by atoms with E-state index in [0.717, 1.165) is 25.7 Å². The van der Waals surface area contributed by atoms with E-state index in [2.05, 4.69) is 27.0 Å². The van der Waals surface area contributed by atoms with Gasteiger partial charge in [0.05, 0.1) is 13.2 Å². The van der Waals surface area contributed by atoms with Crippen molar-refractivity contribution in [3.05, 3.63) is 24.3 Å². The van der Waals surface area contributed by atoms with E-state index in [4.69, 9.17) is 9.47 Å². The van der Waals surface area contributed by atoms with Crippen LogP contribution in [0.2, 0.25) is 0 Å². The molecule has 0 aromatic heterocycles. The third-order valence-corrected chi connectivity index (χ3v) is 2.66. The molecule has 0 fully saturated rings. The number of carbonyl (C=O) groups is 2. The topological polar surface area (TPSA) is 52.6 Å². The van der Waals surface area contributed by atoms with Crippen LogP contribution >= 0.6 is 0 Å². The monoisotopic (exact) mass is 312 g/mol. The fourth-order valence-electron chi connectivity index (χ4n) is 1.25. The van der Waals surface area contributed by atoms with Crippen molar-refractivity contribution in [2.45, 2.75) is 66.2 Å². The first kappa shape index (κ1) is 22.7. The van der Waals surface area contributed by atoms with Gasteiger partial charge in [0.15, 0.2) is 0 Å². The van der Waals surface area contributed by atoms with E-state index in [0.29, 0.717) is 24.4 Å². The van der Waals surface area contributed by atoms with Crippen molar-refractivity contribution >= 4 is 11.9 Å². The Hall–Kier alpha value is -1.58. The van der Waals surface area contributed by atoms with Gasteiger partial charge < -0.3 is 9.47 Å². The predicted octanol–water partition coefficient (Wildman–Crippen LogP) is 4.59. The normalized spacial score (nSPS) is 9.27. The molecular formula is C18H32O4. The SMILES string of the molecule is C=C(C)C(=O)OCCCC.C=C(C)C(=O)OCCCCCC. The van der Waals surface area contributed by atoms with Gasteiger partial charge in [0.25, 0.3) is 0 Å². The Morgan fingerprint density at radius 3 is 1.50 bits per heavy atom. The maximum Gasteiger partial charge on any atom is 0.333 e. The average molecular weight is 312 g/mol. The van der Waals surface area contributed by atoms with E-state index < -0.39 is 0 Å². The number of carbonyl (C=O) groups excluding carboxylic acids is 2. The molecule has 0 N–H and O–H groups in total. The molecule has 4 heteroatoms. The second kappa shape index (κ2) is 15.8. The summed E-state index contributed by atoms with van der Waals surface area (Å²) in [5.74, 6) is -0.556. The lowest BCUT2D eigenvalue weighted by atomic mass is 10.2. The molecule has 4 nitrogen and oxygen atoms in total. The Morgan fingerprint density at radius 1 is 0.727 bits per heavy atom. The molecule has 0 aliphatic rings. The molecule has 0 bridgehead atoms. The van der Waals surface area contributed by atoms with Crippen LogP contribution < -0.4 is 0 Å². The lowest BCUT2D eigenvalue weighted by Crippen LogP contribution is -2.05. The molecule has 0 unspecified atom stereocenters. The van der Waals surface area contributed by atoms with Crippen LogP contribution in [0.1, 0.15) is 66.2 Å². The summed E-state index contributed by atoms with van der Waals surface area (Å²) in [6, 6.07) is 0. The van der Waals surface area contributed by atoms with Crippen LogP contribution in [-0.2, 0) is 19.1 Å². The molecule has 0 aliphatic carbocycles. The molecular weight excluding hydrogens is 280 g/mol. The highest BCUT2D eigenvalue weighted by Gasteiger charge is 2.01. The van der Waals surface area contributed by atoms with E-state index in [-0.39, 0.29) is 11.9 Å². The standard InChI is InChI=1S/C10H18O2.C8H14O2/c1-4-5-6-7-8-12-10(11)9(2)3;1-4-5-6-10-8(9)7(2)3/h2,4-8H2,1,3H3;2,4-6H2,1,3H3. The minimum absolute atomic E-state index is 0.272. The van der Waals surface area contributed by atoms with Crippen LogP contribution in [-0.4, -0.2) is 25.2 Å². The van der Waals surface area contributed by atoms with Gasteiger partial charge >= 0.3 is 11.9 Å². The van der Waals surface area contributed by atoms with Gasteiger partial charge in [0.1, 0.15) is 0 Å². The quantitative estimate of drug-likeness (QED) is 0.336. The molecule has 0 saturated carbocycles. The average Bonchev–Trinajstić information content (AvgIpc) is 2.47. The maximum atomic E-state index is 10.9. The Morgan fingerprint density at radius 2 is 1.14 bits per heavy atom. The van der Waals surface area contributed by atoms with Crippen molar-refractivity contribution in [1.29, 1.82) is 0 Å². The summed E-state index contributed by atoms with van der Waals surface area (Å²) in [5.41, 5.74) is 0.946. The first-order valence-electron chi connectivity index (χ1n) is 8.02. The van der Waals surface area contributed by atoms with E-state index >= 15 is 0 Å². The minimum Gasteiger partial charge on any atom is -0.462 e.